The molecular weight excluding hydrogens is 279 g/mol. The monoisotopic (exact) mass is 292 g/mol. The zero-order chi connectivity index (χ0) is 14.6. The first-order valence-corrected chi connectivity index (χ1v) is 7.40. The quantitative estimate of drug-likeness (QED) is 0.477. The van der Waals surface area contributed by atoms with E-state index in [0.717, 1.165) is 5.39 Å². The van der Waals surface area contributed by atoms with Gasteiger partial charge in [-0.05, 0) is 18.2 Å². The molecule has 0 spiro atoms. The lowest BCUT2D eigenvalue weighted by atomic mass is 10.1. The van der Waals surface area contributed by atoms with Crippen molar-refractivity contribution in [1.82, 2.24) is 0 Å². The third-order valence-corrected chi connectivity index (χ3v) is 3.54. The van der Waals surface area contributed by atoms with Crippen LogP contribution < -0.4 is 0 Å². The molecule has 1 N–H and O–H groups in total. The van der Waals surface area contributed by atoms with Crippen LogP contribution in [0.1, 0.15) is 0 Å². The van der Waals surface area contributed by atoms with E-state index >= 15 is 0 Å². The number of rotatable bonds is 1. The lowest BCUT2D eigenvalue weighted by Crippen LogP contribution is -2.02. The van der Waals surface area contributed by atoms with E-state index in [4.69, 9.17) is 0 Å². The standard InChI is InChI=1S/C12H12OS.BF4/c1-14(2)12-8-7-11(13)9-5-3-4-6-10(9)12;2-1(3,4)5/h3-8H,1-2H3;/q;-1/p+1. The third kappa shape index (κ3) is 5.02. The van der Waals surface area contributed by atoms with E-state index in [-0.39, 0.29) is 10.9 Å². The zero-order valence-corrected chi connectivity index (χ0v) is 11.2. The van der Waals surface area contributed by atoms with Gasteiger partial charge in [0.1, 0.15) is 18.3 Å². The molecule has 104 valence electrons. The highest BCUT2D eigenvalue weighted by Gasteiger charge is 2.20. The summed E-state index contributed by atoms with van der Waals surface area (Å²) in [7, 11) is -5.77. The molecule has 2 aromatic rings. The van der Waals surface area contributed by atoms with Crippen LogP contribution in [0.15, 0.2) is 41.3 Å². The largest absolute Gasteiger partial charge is 0.673 e. The predicted molar refractivity (Wildman–Crippen MR) is 73.3 cm³/mol. The van der Waals surface area contributed by atoms with Gasteiger partial charge in [-0.2, -0.15) is 0 Å². The molecule has 0 aromatic heterocycles. The zero-order valence-electron chi connectivity index (χ0n) is 10.4. The Morgan fingerprint density at radius 1 is 0.895 bits per heavy atom. The molecule has 0 bridgehead atoms. The van der Waals surface area contributed by atoms with Crippen LogP contribution in [0.2, 0.25) is 0 Å². The number of halogens is 4. The second kappa shape index (κ2) is 6.19. The Bertz CT molecular complexity index is 551. The number of phenolic OH excluding ortho intramolecular Hbond substituents is 1. The van der Waals surface area contributed by atoms with Gasteiger partial charge in [-0.25, -0.2) is 0 Å². The molecule has 19 heavy (non-hydrogen) atoms. The van der Waals surface area contributed by atoms with Crippen molar-refractivity contribution in [3.8, 4) is 5.75 Å². The number of benzene rings is 2. The van der Waals surface area contributed by atoms with Gasteiger partial charge in [-0.3, -0.25) is 0 Å². The van der Waals surface area contributed by atoms with Crippen LogP contribution in [0.5, 0.6) is 5.75 Å². The second-order valence-electron chi connectivity index (χ2n) is 3.94. The lowest BCUT2D eigenvalue weighted by molar-refractivity contribution is 0.368. The van der Waals surface area contributed by atoms with Gasteiger partial charge in [0, 0.05) is 21.7 Å². The van der Waals surface area contributed by atoms with Crippen molar-refractivity contribution < 1.29 is 22.4 Å². The van der Waals surface area contributed by atoms with Gasteiger partial charge in [-0.15, -0.1) is 0 Å². The van der Waals surface area contributed by atoms with Gasteiger partial charge >= 0.3 is 7.25 Å². The van der Waals surface area contributed by atoms with Crippen LogP contribution in [0.4, 0.5) is 17.3 Å². The molecular formula is C12H13BF4OS. The summed E-state index contributed by atoms with van der Waals surface area (Å²) in [5.74, 6) is 0.370. The summed E-state index contributed by atoms with van der Waals surface area (Å²) < 4.78 is 39.0. The summed E-state index contributed by atoms with van der Waals surface area (Å²) in [5, 5.41) is 11.8. The molecule has 1 nitrogen and oxygen atoms in total. The van der Waals surface area contributed by atoms with Crippen LogP contribution in [0, 0.1) is 0 Å². The Hall–Kier alpha value is -1.37. The van der Waals surface area contributed by atoms with Crippen molar-refractivity contribution in [2.24, 2.45) is 0 Å². The number of hydrogen-bond acceptors (Lipinski definition) is 1. The Morgan fingerprint density at radius 3 is 1.84 bits per heavy atom. The summed E-state index contributed by atoms with van der Waals surface area (Å²) in [6, 6.07) is 11.8. The Morgan fingerprint density at radius 2 is 1.37 bits per heavy atom. The number of hydrogen-bond donors (Lipinski definition) is 1. The molecule has 0 atom stereocenters. The first kappa shape index (κ1) is 15.7. The van der Waals surface area contributed by atoms with Crippen LogP contribution in [-0.2, 0) is 10.9 Å². The van der Waals surface area contributed by atoms with Crippen LogP contribution >= 0.6 is 0 Å². The molecule has 2 rings (SSSR count). The fraction of sp³-hybridized carbons (Fsp3) is 0.167. The van der Waals surface area contributed by atoms with Crippen LogP contribution in [0.25, 0.3) is 10.8 Å². The minimum atomic E-state index is -6.00. The molecule has 0 aliphatic heterocycles. The second-order valence-corrected chi connectivity index (χ2v) is 6.01. The van der Waals surface area contributed by atoms with Crippen molar-refractivity contribution in [1.29, 1.82) is 0 Å². The SMILES string of the molecule is C[S+](C)c1ccc(O)c2ccccc12.F[B-](F)(F)F. The highest BCUT2D eigenvalue weighted by molar-refractivity contribution is 7.95. The molecule has 0 unspecified atom stereocenters. The minimum Gasteiger partial charge on any atom is -0.507 e. The smallest absolute Gasteiger partial charge is 0.507 e. The van der Waals surface area contributed by atoms with Crippen molar-refractivity contribution in [3.05, 3.63) is 36.4 Å². The Labute approximate surface area is 111 Å². The van der Waals surface area contributed by atoms with E-state index in [2.05, 4.69) is 18.6 Å². The normalized spacial score (nSPS) is 11.3. The van der Waals surface area contributed by atoms with Gasteiger partial charge < -0.3 is 22.4 Å². The van der Waals surface area contributed by atoms with Crippen molar-refractivity contribution in [2.45, 2.75) is 4.90 Å². The lowest BCUT2D eigenvalue weighted by Gasteiger charge is -2.04. The van der Waals surface area contributed by atoms with Crippen molar-refractivity contribution >= 4 is 28.9 Å². The highest BCUT2D eigenvalue weighted by atomic mass is 32.2. The molecule has 0 saturated carbocycles. The van der Waals surface area contributed by atoms with Gasteiger partial charge in [-0.1, -0.05) is 18.2 Å². The predicted octanol–water partition coefficient (Wildman–Crippen LogP) is 4.08. The van der Waals surface area contributed by atoms with E-state index in [1.54, 1.807) is 6.07 Å². The molecule has 0 aliphatic carbocycles. The first-order valence-electron chi connectivity index (χ1n) is 5.36. The molecule has 0 radical (unpaired) electrons. The maximum atomic E-state index is 9.75. The van der Waals surface area contributed by atoms with Gasteiger partial charge in [0.15, 0.2) is 4.90 Å². The summed E-state index contributed by atoms with van der Waals surface area (Å²) in [6.07, 6.45) is 4.39. The maximum Gasteiger partial charge on any atom is 0.673 e. The van der Waals surface area contributed by atoms with E-state index < -0.39 is 7.25 Å². The first-order chi connectivity index (χ1) is 8.70. The average Bonchev–Trinajstić information content (AvgIpc) is 2.27. The summed E-state index contributed by atoms with van der Waals surface area (Å²) in [6.45, 7) is 0. The molecule has 0 amide bonds. The average molecular weight is 292 g/mol. The summed E-state index contributed by atoms with van der Waals surface area (Å²) in [5.41, 5.74) is 0. The Balaban J connectivity index is 0.000000312. The maximum absolute atomic E-state index is 9.75. The molecule has 7 heteroatoms. The van der Waals surface area contributed by atoms with E-state index in [9.17, 15) is 22.4 Å². The van der Waals surface area contributed by atoms with Gasteiger partial charge in [0.25, 0.3) is 0 Å². The van der Waals surface area contributed by atoms with E-state index in [0.29, 0.717) is 5.75 Å². The van der Waals surface area contributed by atoms with Crippen LogP contribution in [0.3, 0.4) is 0 Å². The number of fused-ring (bicyclic) bond motifs is 1. The summed E-state index contributed by atoms with van der Waals surface area (Å²) in [4.78, 5) is 1.32. The van der Waals surface area contributed by atoms with Crippen LogP contribution in [-0.4, -0.2) is 24.9 Å². The third-order valence-electron chi connectivity index (χ3n) is 2.30. The van der Waals surface area contributed by atoms with Crippen molar-refractivity contribution in [2.75, 3.05) is 12.5 Å². The fourth-order valence-electron chi connectivity index (χ4n) is 1.61. The van der Waals surface area contributed by atoms with E-state index in [1.165, 1.54) is 10.3 Å². The minimum absolute atomic E-state index is 0.227. The van der Waals surface area contributed by atoms with Gasteiger partial charge in [0.05, 0.1) is 0 Å². The topological polar surface area (TPSA) is 20.2 Å². The summed E-state index contributed by atoms with van der Waals surface area (Å²) >= 11 is 0. The molecule has 0 aliphatic rings. The molecule has 2 aromatic carbocycles. The number of aromatic hydroxyl groups is 1. The highest BCUT2D eigenvalue weighted by Crippen LogP contribution is 2.29. The molecule has 0 heterocycles. The number of phenols is 1. The fourth-order valence-corrected chi connectivity index (χ4v) is 2.57. The van der Waals surface area contributed by atoms with E-state index in [1.807, 2.05) is 24.3 Å². The Kier molecular flexibility index (Phi) is 5.11. The van der Waals surface area contributed by atoms with Gasteiger partial charge in [0.2, 0.25) is 0 Å². The molecule has 0 saturated heterocycles. The van der Waals surface area contributed by atoms with Crippen molar-refractivity contribution in [3.63, 3.8) is 0 Å². The molecule has 0 fully saturated rings.